The highest BCUT2D eigenvalue weighted by atomic mass is 32.1. The summed E-state index contributed by atoms with van der Waals surface area (Å²) < 4.78 is 0. The van der Waals surface area contributed by atoms with Crippen molar-refractivity contribution in [1.29, 1.82) is 0 Å². The Morgan fingerprint density at radius 1 is 1.00 bits per heavy atom. The lowest BCUT2D eigenvalue weighted by Gasteiger charge is -2.31. The van der Waals surface area contributed by atoms with E-state index in [-0.39, 0.29) is 11.9 Å². The number of amides is 1. The minimum atomic E-state index is -0.0889. The van der Waals surface area contributed by atoms with Crippen LogP contribution in [0, 0.1) is 6.92 Å². The Labute approximate surface area is 183 Å². The summed E-state index contributed by atoms with van der Waals surface area (Å²) in [6.07, 6.45) is 5.03. The summed E-state index contributed by atoms with van der Waals surface area (Å²) in [5.41, 5.74) is 2.84. The van der Waals surface area contributed by atoms with Gasteiger partial charge < -0.3 is 5.32 Å². The third-order valence-electron chi connectivity index (χ3n) is 5.71. The fourth-order valence-electron chi connectivity index (χ4n) is 4.18. The molecule has 1 atom stereocenters. The van der Waals surface area contributed by atoms with Crippen molar-refractivity contribution in [2.45, 2.75) is 38.6 Å². The second kappa shape index (κ2) is 10.0. The largest absolute Gasteiger partial charge is 0.349 e. The van der Waals surface area contributed by atoms with Gasteiger partial charge in [0, 0.05) is 6.54 Å². The van der Waals surface area contributed by atoms with Gasteiger partial charge in [-0.2, -0.15) is 0 Å². The average Bonchev–Trinajstić information content (AvgIpc) is 2.99. The zero-order valence-corrected chi connectivity index (χ0v) is 18.3. The van der Waals surface area contributed by atoms with E-state index in [0.29, 0.717) is 12.2 Å². The predicted molar refractivity (Wildman–Crippen MR) is 124 cm³/mol. The normalized spacial score (nSPS) is 16.0. The van der Waals surface area contributed by atoms with Crippen molar-refractivity contribution in [3.8, 4) is 10.4 Å². The predicted octanol–water partition coefficient (Wildman–Crippen LogP) is 5.47. The monoisotopic (exact) mass is 419 g/mol. The van der Waals surface area contributed by atoms with Gasteiger partial charge in [0.2, 0.25) is 0 Å². The maximum absolute atomic E-state index is 13.2. The van der Waals surface area contributed by atoms with Gasteiger partial charge in [-0.1, -0.05) is 73.5 Å². The zero-order chi connectivity index (χ0) is 20.8. The van der Waals surface area contributed by atoms with Crippen LogP contribution >= 0.6 is 11.3 Å². The van der Waals surface area contributed by atoms with Crippen molar-refractivity contribution in [2.75, 3.05) is 19.6 Å². The first kappa shape index (κ1) is 20.8. The van der Waals surface area contributed by atoms with E-state index in [0.717, 1.165) is 28.5 Å². The summed E-state index contributed by atoms with van der Waals surface area (Å²) in [7, 11) is 0. The molecule has 4 rings (SSSR count). The van der Waals surface area contributed by atoms with Gasteiger partial charge in [0.15, 0.2) is 0 Å². The molecular formula is C25H29N3OS. The summed E-state index contributed by atoms with van der Waals surface area (Å²) >= 11 is 1.57. The molecule has 2 aromatic carbocycles. The Balaban J connectivity index is 1.53. The molecule has 3 aromatic rings. The van der Waals surface area contributed by atoms with E-state index in [4.69, 9.17) is 0 Å². The SMILES string of the molecule is Cc1nc(C(=O)NCC(c2ccccc2)N2CCCCCC2)c(-c2ccccc2)s1. The molecule has 156 valence electrons. The zero-order valence-electron chi connectivity index (χ0n) is 17.5. The number of carbonyl (C=O) groups is 1. The minimum Gasteiger partial charge on any atom is -0.349 e. The van der Waals surface area contributed by atoms with Gasteiger partial charge in [0.1, 0.15) is 5.69 Å². The third-order valence-corrected chi connectivity index (χ3v) is 6.73. The van der Waals surface area contributed by atoms with Crippen molar-refractivity contribution in [3.63, 3.8) is 0 Å². The second-order valence-corrected chi connectivity index (χ2v) is 9.07. The highest BCUT2D eigenvalue weighted by Crippen LogP contribution is 2.30. The van der Waals surface area contributed by atoms with Crippen LogP contribution in [0.4, 0.5) is 0 Å². The van der Waals surface area contributed by atoms with Crippen LogP contribution in [-0.2, 0) is 0 Å². The Morgan fingerprint density at radius 2 is 1.63 bits per heavy atom. The van der Waals surface area contributed by atoms with Crippen LogP contribution < -0.4 is 5.32 Å². The number of aryl methyl sites for hydroxylation is 1. The van der Waals surface area contributed by atoms with Crippen LogP contribution in [0.2, 0.25) is 0 Å². The molecule has 1 aliphatic heterocycles. The first-order chi connectivity index (χ1) is 14.7. The van der Waals surface area contributed by atoms with Crippen molar-refractivity contribution in [2.24, 2.45) is 0 Å². The molecule has 0 spiro atoms. The molecular weight excluding hydrogens is 390 g/mol. The average molecular weight is 420 g/mol. The van der Waals surface area contributed by atoms with E-state index >= 15 is 0 Å². The molecule has 1 saturated heterocycles. The number of nitrogens with zero attached hydrogens (tertiary/aromatic N) is 2. The van der Waals surface area contributed by atoms with Gasteiger partial charge in [0.05, 0.1) is 15.9 Å². The van der Waals surface area contributed by atoms with Gasteiger partial charge in [0.25, 0.3) is 5.91 Å². The topological polar surface area (TPSA) is 45.2 Å². The fourth-order valence-corrected chi connectivity index (χ4v) is 5.10. The number of hydrogen-bond donors (Lipinski definition) is 1. The van der Waals surface area contributed by atoms with Crippen molar-refractivity contribution in [3.05, 3.63) is 76.9 Å². The Morgan fingerprint density at radius 3 is 2.30 bits per heavy atom. The van der Waals surface area contributed by atoms with Gasteiger partial charge in [-0.05, 0) is 44.0 Å². The molecule has 1 N–H and O–H groups in total. The summed E-state index contributed by atoms with van der Waals surface area (Å²) in [5, 5.41) is 4.11. The Hall–Kier alpha value is -2.50. The highest BCUT2D eigenvalue weighted by molar-refractivity contribution is 7.15. The van der Waals surface area contributed by atoms with Crippen LogP contribution in [0.15, 0.2) is 60.7 Å². The summed E-state index contributed by atoms with van der Waals surface area (Å²) in [5.74, 6) is -0.0889. The van der Waals surface area contributed by atoms with Gasteiger partial charge in [-0.25, -0.2) is 4.98 Å². The lowest BCUT2D eigenvalue weighted by molar-refractivity contribution is 0.0929. The Kier molecular flexibility index (Phi) is 6.92. The van der Waals surface area contributed by atoms with E-state index in [1.165, 1.54) is 31.2 Å². The third kappa shape index (κ3) is 4.97. The number of benzene rings is 2. The van der Waals surface area contributed by atoms with Crippen molar-refractivity contribution < 1.29 is 4.79 Å². The van der Waals surface area contributed by atoms with Crippen LogP contribution in [0.1, 0.15) is 52.8 Å². The molecule has 0 aliphatic carbocycles. The van der Waals surface area contributed by atoms with Crippen LogP contribution in [0.25, 0.3) is 10.4 Å². The summed E-state index contributed by atoms with van der Waals surface area (Å²) in [6, 6.07) is 20.8. The maximum Gasteiger partial charge on any atom is 0.271 e. The van der Waals surface area contributed by atoms with Crippen LogP contribution in [-0.4, -0.2) is 35.4 Å². The molecule has 1 fully saturated rings. The number of rotatable bonds is 6. The van der Waals surface area contributed by atoms with Gasteiger partial charge in [-0.3, -0.25) is 9.69 Å². The molecule has 4 nitrogen and oxygen atoms in total. The molecule has 0 bridgehead atoms. The van der Waals surface area contributed by atoms with E-state index in [1.807, 2.05) is 43.3 Å². The highest BCUT2D eigenvalue weighted by Gasteiger charge is 2.24. The number of thiazole rings is 1. The molecule has 1 aliphatic rings. The lowest BCUT2D eigenvalue weighted by atomic mass is 10.0. The standard InChI is InChI=1S/C25H29N3OS/c1-19-27-23(24(30-19)21-14-8-5-9-15-21)25(29)26-18-22(20-12-6-4-7-13-20)28-16-10-2-3-11-17-28/h4-9,12-15,22H,2-3,10-11,16-18H2,1H3,(H,26,29). The molecule has 2 heterocycles. The van der Waals surface area contributed by atoms with Crippen molar-refractivity contribution in [1.82, 2.24) is 15.2 Å². The minimum absolute atomic E-state index is 0.0889. The maximum atomic E-state index is 13.2. The molecule has 5 heteroatoms. The first-order valence-electron chi connectivity index (χ1n) is 10.8. The fraction of sp³-hybridized carbons (Fsp3) is 0.360. The number of aromatic nitrogens is 1. The smallest absolute Gasteiger partial charge is 0.271 e. The number of nitrogens with one attached hydrogen (secondary N) is 1. The van der Waals surface area contributed by atoms with E-state index < -0.39 is 0 Å². The number of hydrogen-bond acceptors (Lipinski definition) is 4. The Bertz CT molecular complexity index is 947. The lowest BCUT2D eigenvalue weighted by Crippen LogP contribution is -2.38. The second-order valence-electron chi connectivity index (χ2n) is 7.86. The molecule has 1 unspecified atom stereocenters. The van der Waals surface area contributed by atoms with E-state index in [2.05, 4.69) is 39.5 Å². The summed E-state index contributed by atoms with van der Waals surface area (Å²) in [6.45, 7) is 4.71. The summed E-state index contributed by atoms with van der Waals surface area (Å²) in [4.78, 5) is 21.2. The van der Waals surface area contributed by atoms with Crippen molar-refractivity contribution >= 4 is 17.2 Å². The molecule has 0 saturated carbocycles. The van der Waals surface area contributed by atoms with Crippen LogP contribution in [0.3, 0.4) is 0 Å². The molecule has 0 radical (unpaired) electrons. The van der Waals surface area contributed by atoms with Crippen LogP contribution in [0.5, 0.6) is 0 Å². The quantitative estimate of drug-likeness (QED) is 0.577. The number of likely N-dealkylation sites (tertiary alicyclic amines) is 1. The first-order valence-corrected chi connectivity index (χ1v) is 11.6. The van der Waals surface area contributed by atoms with E-state index in [9.17, 15) is 4.79 Å². The molecule has 30 heavy (non-hydrogen) atoms. The van der Waals surface area contributed by atoms with Gasteiger partial charge in [-0.15, -0.1) is 11.3 Å². The number of carbonyl (C=O) groups excluding carboxylic acids is 1. The van der Waals surface area contributed by atoms with Gasteiger partial charge >= 0.3 is 0 Å². The van der Waals surface area contributed by atoms with E-state index in [1.54, 1.807) is 11.3 Å². The molecule has 1 amide bonds. The molecule has 1 aromatic heterocycles.